The fraction of sp³-hybridized carbons (Fsp3) is 0.667. The molecule has 1 aromatic rings. The number of ketones is 1. The van der Waals surface area contributed by atoms with Gasteiger partial charge in [0, 0.05) is 30.2 Å². The number of esters is 1. The van der Waals surface area contributed by atoms with E-state index in [-0.39, 0.29) is 35.4 Å². The average Bonchev–Trinajstić information content (AvgIpc) is 2.60. The second kappa shape index (κ2) is 7.66. The van der Waals surface area contributed by atoms with Crippen molar-refractivity contribution in [2.45, 2.75) is 96.7 Å². The molecule has 1 heterocycles. The van der Waals surface area contributed by atoms with E-state index in [1.807, 2.05) is 26.8 Å². The maximum absolute atomic E-state index is 12.8. The molecule has 0 radical (unpaired) electrons. The normalized spacial score (nSPS) is 24.1. The Hall–Kier alpha value is -2.04. The number of ether oxygens (including phenoxy) is 2. The molecule has 0 bridgehead atoms. The molecule has 5 nitrogen and oxygen atoms in total. The minimum Gasteiger partial charge on any atom is -0.508 e. The summed E-state index contributed by atoms with van der Waals surface area (Å²) < 4.78 is 11.9. The monoisotopic (exact) mass is 402 g/mol. The summed E-state index contributed by atoms with van der Waals surface area (Å²) in [5, 5.41) is 10.9. The summed E-state index contributed by atoms with van der Waals surface area (Å²) in [7, 11) is 0. The zero-order valence-electron chi connectivity index (χ0n) is 18.5. The van der Waals surface area contributed by atoms with Crippen molar-refractivity contribution >= 4 is 11.8 Å². The van der Waals surface area contributed by atoms with Gasteiger partial charge in [0.1, 0.15) is 22.9 Å². The third-order valence-corrected chi connectivity index (χ3v) is 6.66. The lowest BCUT2D eigenvalue weighted by Crippen LogP contribution is -2.47. The Labute approximate surface area is 173 Å². The first kappa shape index (κ1) is 21.7. The molecule has 0 aromatic heterocycles. The smallest absolute Gasteiger partial charge is 0.316 e. The molecule has 1 saturated carbocycles. The molecule has 3 atom stereocenters. The molecule has 0 spiro atoms. The number of carbonyl (C=O) groups excluding carboxylic acids is 2. The van der Waals surface area contributed by atoms with Crippen LogP contribution in [-0.4, -0.2) is 28.6 Å². The summed E-state index contributed by atoms with van der Waals surface area (Å²) in [6.45, 7) is 11.6. The van der Waals surface area contributed by atoms with Crippen LogP contribution in [-0.2, 0) is 19.7 Å². The van der Waals surface area contributed by atoms with Gasteiger partial charge in [-0.2, -0.15) is 0 Å². The van der Waals surface area contributed by atoms with Crippen molar-refractivity contribution in [1.29, 1.82) is 0 Å². The predicted molar refractivity (Wildman–Crippen MR) is 111 cm³/mol. The first-order valence-corrected chi connectivity index (χ1v) is 10.8. The minimum atomic E-state index is -0.929. The summed E-state index contributed by atoms with van der Waals surface area (Å²) in [6, 6.07) is 3.49. The van der Waals surface area contributed by atoms with Gasteiger partial charge in [0.15, 0.2) is 0 Å². The molecule has 2 aliphatic rings. The standard InChI is InChI=1S/C24H34O5/c1-7-8-14(2)28-22(27)23(3,4)15-11-19(26)21-17-13-16(25)9-10-18(17)24(5,6)29-20(21)12-15/h11-12,14,17-18,26H,7-10,13H2,1-6H3/t14-,17+,18+/m0/s1. The van der Waals surface area contributed by atoms with E-state index >= 15 is 0 Å². The number of aromatic hydroxyl groups is 1. The molecule has 0 unspecified atom stereocenters. The Balaban J connectivity index is 1.98. The number of Topliss-reactive ketones (excluding diaryl/α,β-unsaturated/α-hetero) is 1. The average molecular weight is 403 g/mol. The van der Waals surface area contributed by atoms with Gasteiger partial charge in [0.05, 0.1) is 11.5 Å². The van der Waals surface area contributed by atoms with Gasteiger partial charge in [-0.05, 0) is 65.2 Å². The molecule has 1 aliphatic heterocycles. The molecule has 1 N–H and O–H groups in total. The van der Waals surface area contributed by atoms with Crippen molar-refractivity contribution in [1.82, 2.24) is 0 Å². The van der Waals surface area contributed by atoms with E-state index in [0.29, 0.717) is 29.7 Å². The summed E-state index contributed by atoms with van der Waals surface area (Å²) in [5.74, 6) is 0.704. The Bertz CT molecular complexity index is 808. The number of benzene rings is 1. The van der Waals surface area contributed by atoms with Gasteiger partial charge < -0.3 is 14.6 Å². The zero-order chi connectivity index (χ0) is 21.6. The molecule has 29 heavy (non-hydrogen) atoms. The van der Waals surface area contributed by atoms with Crippen LogP contribution in [0.2, 0.25) is 0 Å². The largest absolute Gasteiger partial charge is 0.508 e. The van der Waals surface area contributed by atoms with Crippen LogP contribution in [0.5, 0.6) is 11.5 Å². The van der Waals surface area contributed by atoms with Crippen molar-refractivity contribution in [2.24, 2.45) is 5.92 Å². The lowest BCUT2D eigenvalue weighted by Gasteiger charge is -2.47. The van der Waals surface area contributed by atoms with Crippen molar-refractivity contribution in [3.8, 4) is 11.5 Å². The molecule has 1 fully saturated rings. The van der Waals surface area contributed by atoms with Crippen LogP contribution in [0.25, 0.3) is 0 Å². The molecule has 160 valence electrons. The topological polar surface area (TPSA) is 72.8 Å². The number of hydrogen-bond donors (Lipinski definition) is 1. The Kier molecular flexibility index (Phi) is 5.72. The highest BCUT2D eigenvalue weighted by Crippen LogP contribution is 2.54. The number of fused-ring (bicyclic) bond motifs is 3. The first-order valence-electron chi connectivity index (χ1n) is 10.8. The van der Waals surface area contributed by atoms with E-state index in [9.17, 15) is 14.7 Å². The van der Waals surface area contributed by atoms with Gasteiger partial charge in [0.2, 0.25) is 0 Å². The molecule has 0 saturated heterocycles. The van der Waals surface area contributed by atoms with E-state index in [2.05, 4.69) is 6.92 Å². The van der Waals surface area contributed by atoms with Crippen molar-refractivity contribution in [3.63, 3.8) is 0 Å². The van der Waals surface area contributed by atoms with E-state index in [1.54, 1.807) is 19.9 Å². The van der Waals surface area contributed by atoms with Crippen molar-refractivity contribution in [2.75, 3.05) is 0 Å². The third-order valence-electron chi connectivity index (χ3n) is 6.66. The van der Waals surface area contributed by atoms with E-state index in [1.165, 1.54) is 0 Å². The second-order valence-corrected chi connectivity index (χ2v) is 9.74. The number of hydrogen-bond acceptors (Lipinski definition) is 5. The Morgan fingerprint density at radius 2 is 2.07 bits per heavy atom. The Morgan fingerprint density at radius 1 is 1.38 bits per heavy atom. The molecule has 1 aliphatic carbocycles. The number of phenolic OH excluding ortho intramolecular Hbond substituents is 1. The van der Waals surface area contributed by atoms with E-state index in [0.717, 1.165) is 19.3 Å². The van der Waals surface area contributed by atoms with Crippen LogP contribution in [0.3, 0.4) is 0 Å². The van der Waals surface area contributed by atoms with Gasteiger partial charge >= 0.3 is 5.97 Å². The van der Waals surface area contributed by atoms with Crippen LogP contribution >= 0.6 is 0 Å². The summed E-state index contributed by atoms with van der Waals surface area (Å²) in [6.07, 6.45) is 3.37. The summed E-state index contributed by atoms with van der Waals surface area (Å²) in [4.78, 5) is 25.0. The summed E-state index contributed by atoms with van der Waals surface area (Å²) in [5.41, 5.74) is -0.0150. The first-order chi connectivity index (χ1) is 13.5. The highest BCUT2D eigenvalue weighted by molar-refractivity contribution is 5.83. The predicted octanol–water partition coefficient (Wildman–Crippen LogP) is 5.03. The number of phenols is 1. The summed E-state index contributed by atoms with van der Waals surface area (Å²) >= 11 is 0. The molecule has 3 rings (SSSR count). The molecular formula is C24H34O5. The van der Waals surface area contributed by atoms with Gasteiger partial charge in [-0.15, -0.1) is 0 Å². The van der Waals surface area contributed by atoms with E-state index < -0.39 is 11.0 Å². The number of carbonyl (C=O) groups is 2. The highest BCUT2D eigenvalue weighted by Gasteiger charge is 2.48. The molecule has 1 aromatic carbocycles. The maximum Gasteiger partial charge on any atom is 0.316 e. The minimum absolute atomic E-state index is 0.0521. The SMILES string of the molecule is CCC[C@H](C)OC(=O)C(C)(C)c1cc(O)c2c(c1)OC(C)(C)[C@@H]1CCC(=O)C[C@@H]21. The quantitative estimate of drug-likeness (QED) is 0.700. The van der Waals surface area contributed by atoms with Gasteiger partial charge in [-0.25, -0.2) is 0 Å². The van der Waals surface area contributed by atoms with Gasteiger partial charge in [-0.1, -0.05) is 13.3 Å². The van der Waals surface area contributed by atoms with Crippen LogP contribution in [0.15, 0.2) is 12.1 Å². The Morgan fingerprint density at radius 3 is 2.72 bits per heavy atom. The van der Waals surface area contributed by atoms with Gasteiger partial charge in [-0.3, -0.25) is 9.59 Å². The maximum atomic E-state index is 12.8. The van der Waals surface area contributed by atoms with Crippen molar-refractivity contribution in [3.05, 3.63) is 23.3 Å². The fourth-order valence-corrected chi connectivity index (χ4v) is 4.84. The van der Waals surface area contributed by atoms with E-state index in [4.69, 9.17) is 9.47 Å². The molecule has 0 amide bonds. The van der Waals surface area contributed by atoms with Crippen LogP contribution < -0.4 is 4.74 Å². The third kappa shape index (κ3) is 4.01. The highest BCUT2D eigenvalue weighted by atomic mass is 16.5. The van der Waals surface area contributed by atoms with Crippen LogP contribution in [0.4, 0.5) is 0 Å². The second-order valence-electron chi connectivity index (χ2n) is 9.74. The molecule has 5 heteroatoms. The fourth-order valence-electron chi connectivity index (χ4n) is 4.84. The van der Waals surface area contributed by atoms with Gasteiger partial charge in [0.25, 0.3) is 0 Å². The van der Waals surface area contributed by atoms with Crippen LogP contribution in [0.1, 0.15) is 90.7 Å². The zero-order valence-corrected chi connectivity index (χ0v) is 18.5. The van der Waals surface area contributed by atoms with Crippen molar-refractivity contribution < 1.29 is 24.2 Å². The lowest BCUT2D eigenvalue weighted by molar-refractivity contribution is -0.154. The number of rotatable bonds is 5. The lowest BCUT2D eigenvalue weighted by atomic mass is 9.66. The van der Waals surface area contributed by atoms with Crippen LogP contribution in [0, 0.1) is 5.92 Å². The molecular weight excluding hydrogens is 368 g/mol.